The van der Waals surface area contributed by atoms with E-state index < -0.39 is 0 Å². The fourth-order valence-corrected chi connectivity index (χ4v) is 5.80. The molecule has 3 aromatic heterocycles. The van der Waals surface area contributed by atoms with Crippen molar-refractivity contribution in [2.75, 3.05) is 0 Å². The van der Waals surface area contributed by atoms with Gasteiger partial charge in [0.1, 0.15) is 6.61 Å². The van der Waals surface area contributed by atoms with Gasteiger partial charge in [-0.2, -0.15) is 0 Å². The lowest BCUT2D eigenvalue weighted by molar-refractivity contribution is -0.129. The van der Waals surface area contributed by atoms with E-state index in [1.807, 2.05) is 0 Å². The third-order valence-corrected chi connectivity index (χ3v) is 8.20. The molecule has 0 saturated carbocycles. The van der Waals surface area contributed by atoms with Gasteiger partial charge in [-0.05, 0) is 98.6 Å². The molecule has 0 fully saturated rings. The minimum atomic E-state index is 0.158. The maximum Gasteiger partial charge on any atom is 0.293 e. The number of rotatable bonds is 5. The van der Waals surface area contributed by atoms with Gasteiger partial charge >= 0.3 is 0 Å². The highest BCUT2D eigenvalue weighted by molar-refractivity contribution is 5.92. The van der Waals surface area contributed by atoms with E-state index in [0.29, 0.717) is 6.47 Å². The third-order valence-electron chi connectivity index (χ3n) is 8.20. The molecule has 6 heteroatoms. The number of allylic oxidation sites excluding steroid dienone is 2. The zero-order chi connectivity index (χ0) is 26.4. The zero-order valence-electron chi connectivity index (χ0n) is 22.9. The maximum absolute atomic E-state index is 11.2. The van der Waals surface area contributed by atoms with Gasteiger partial charge in [0.05, 0.1) is 17.1 Å². The molecule has 1 unspecified atom stereocenters. The molecule has 0 aromatic carbocycles. The van der Waals surface area contributed by atoms with Gasteiger partial charge in [-0.1, -0.05) is 20.8 Å². The lowest BCUT2D eigenvalue weighted by Gasteiger charge is -2.07. The highest BCUT2D eigenvalue weighted by Crippen LogP contribution is 2.35. The van der Waals surface area contributed by atoms with Crippen molar-refractivity contribution >= 4 is 39.7 Å². The van der Waals surface area contributed by atoms with E-state index in [9.17, 15) is 4.79 Å². The molecule has 5 heterocycles. The highest BCUT2D eigenvalue weighted by atomic mass is 16.5. The van der Waals surface area contributed by atoms with Gasteiger partial charge in [-0.25, -0.2) is 4.98 Å². The Morgan fingerprint density at radius 2 is 1.49 bits per heavy atom. The van der Waals surface area contributed by atoms with Gasteiger partial charge in [0.15, 0.2) is 0 Å². The summed E-state index contributed by atoms with van der Waals surface area (Å²) in [7, 11) is 0. The van der Waals surface area contributed by atoms with Crippen LogP contribution in [0.4, 0.5) is 0 Å². The molecule has 2 aliphatic heterocycles. The van der Waals surface area contributed by atoms with Crippen molar-refractivity contribution in [2.45, 2.75) is 80.3 Å². The van der Waals surface area contributed by atoms with Crippen LogP contribution in [0, 0.1) is 13.8 Å². The molecule has 0 radical (unpaired) electrons. The molecule has 5 rings (SSSR count). The first-order chi connectivity index (χ1) is 17.8. The Kier molecular flexibility index (Phi) is 6.52. The topological polar surface area (TPSA) is 83.7 Å². The van der Waals surface area contributed by atoms with Crippen LogP contribution in [0.2, 0.25) is 0 Å². The third kappa shape index (κ3) is 4.18. The van der Waals surface area contributed by atoms with Crippen molar-refractivity contribution in [3.05, 3.63) is 68.8 Å². The smallest absolute Gasteiger partial charge is 0.293 e. The number of H-pyrrole nitrogens is 2. The number of hydrogen-bond acceptors (Lipinski definition) is 4. The van der Waals surface area contributed by atoms with Crippen LogP contribution in [0.25, 0.3) is 33.2 Å². The average molecular weight is 497 g/mol. The molecule has 6 nitrogen and oxygen atoms in total. The lowest BCUT2D eigenvalue weighted by Crippen LogP contribution is -2.01. The van der Waals surface area contributed by atoms with Gasteiger partial charge in [0.2, 0.25) is 0 Å². The number of aromatic nitrogens is 4. The summed E-state index contributed by atoms with van der Waals surface area (Å²) < 4.78 is 5.29. The fourth-order valence-electron chi connectivity index (χ4n) is 5.80. The normalized spacial score (nSPS) is 15.4. The Morgan fingerprint density at radius 1 is 0.865 bits per heavy atom. The number of carbonyl (C=O) groups excluding carboxylic acids is 1. The Balaban J connectivity index is 1.99. The Hall–Kier alpha value is -3.67. The van der Waals surface area contributed by atoms with E-state index in [1.54, 1.807) is 0 Å². The molecular weight excluding hydrogens is 460 g/mol. The second-order valence-electron chi connectivity index (χ2n) is 10.3. The van der Waals surface area contributed by atoms with Gasteiger partial charge in [0.25, 0.3) is 6.47 Å². The van der Waals surface area contributed by atoms with Crippen molar-refractivity contribution in [1.82, 2.24) is 19.9 Å². The summed E-state index contributed by atoms with van der Waals surface area (Å²) in [6, 6.07) is 6.60. The fraction of sp³-hybridized carbons (Fsp3) is 0.387. The number of carbonyl (C=O) groups is 1. The summed E-state index contributed by atoms with van der Waals surface area (Å²) in [5, 5.41) is 0. The molecule has 0 spiro atoms. The molecule has 0 amide bonds. The number of fused-ring (bicyclic) bond motifs is 8. The van der Waals surface area contributed by atoms with Crippen molar-refractivity contribution < 1.29 is 9.53 Å². The van der Waals surface area contributed by atoms with E-state index in [-0.39, 0.29) is 12.5 Å². The summed E-state index contributed by atoms with van der Waals surface area (Å²) in [6.45, 7) is 15.8. The van der Waals surface area contributed by atoms with E-state index in [2.05, 4.69) is 76.6 Å². The zero-order valence-corrected chi connectivity index (χ0v) is 22.9. The van der Waals surface area contributed by atoms with Gasteiger partial charge < -0.3 is 14.7 Å². The summed E-state index contributed by atoms with van der Waals surface area (Å²) in [4.78, 5) is 28.7. The maximum atomic E-state index is 11.2. The Labute approximate surface area is 218 Å². The van der Waals surface area contributed by atoms with Crippen LogP contribution in [0.5, 0.6) is 0 Å². The Morgan fingerprint density at radius 3 is 2.11 bits per heavy atom. The van der Waals surface area contributed by atoms with E-state index in [4.69, 9.17) is 14.7 Å². The van der Waals surface area contributed by atoms with Crippen LogP contribution in [0.3, 0.4) is 0 Å². The molecule has 8 bridgehead atoms. The predicted octanol–water partition coefficient (Wildman–Crippen LogP) is 7.03. The quantitative estimate of drug-likeness (QED) is 0.372. The minimum Gasteiger partial charge on any atom is -0.463 e. The Bertz CT molecular complexity index is 1600. The van der Waals surface area contributed by atoms with Crippen LogP contribution in [0.1, 0.15) is 91.1 Å². The summed E-state index contributed by atoms with van der Waals surface area (Å²) in [5.41, 5.74) is 16.5. The molecule has 0 saturated heterocycles. The molecule has 0 aliphatic carbocycles. The van der Waals surface area contributed by atoms with Crippen molar-refractivity contribution in [2.24, 2.45) is 0 Å². The second-order valence-corrected chi connectivity index (χ2v) is 10.3. The van der Waals surface area contributed by atoms with Crippen molar-refractivity contribution in [3.63, 3.8) is 0 Å². The number of nitrogens with zero attached hydrogens (tertiary/aromatic N) is 2. The first-order valence-corrected chi connectivity index (χ1v) is 13.2. The molecule has 3 aromatic rings. The number of hydrogen-bond donors (Lipinski definition) is 2. The number of aryl methyl sites for hydroxylation is 4. The van der Waals surface area contributed by atoms with Gasteiger partial charge in [0, 0.05) is 39.2 Å². The monoisotopic (exact) mass is 496 g/mol. The van der Waals surface area contributed by atoms with Crippen LogP contribution in [0.15, 0.2) is 18.2 Å². The largest absolute Gasteiger partial charge is 0.463 e. The standard InChI is InChI=1S/C31H36N4O2/c1-8-21-19(6)26-11-24-16(3)10-28(32-24)23(14-37-15-36)31-18(5)17(4)25(35-31)12-29-22(9-2)20(7)27(34-29)13-30(21)33-26/h11-13,15-16,33-34H,8-10,14H2,1-7H3. The average Bonchev–Trinajstić information content (AvgIpc) is 3.56. The van der Waals surface area contributed by atoms with Crippen LogP contribution in [-0.4, -0.2) is 26.4 Å². The van der Waals surface area contributed by atoms with Crippen LogP contribution in [-0.2, 0) is 35.4 Å². The van der Waals surface area contributed by atoms with E-state index >= 15 is 0 Å². The van der Waals surface area contributed by atoms with E-state index in [1.165, 1.54) is 22.3 Å². The summed E-state index contributed by atoms with van der Waals surface area (Å²) >= 11 is 0. The molecule has 2 aliphatic rings. The van der Waals surface area contributed by atoms with Crippen LogP contribution < -0.4 is 0 Å². The summed E-state index contributed by atoms with van der Waals surface area (Å²) in [5.74, 6) is 0.249. The molecule has 2 N–H and O–H groups in total. The minimum absolute atomic E-state index is 0.158. The highest BCUT2D eigenvalue weighted by Gasteiger charge is 2.24. The predicted molar refractivity (Wildman–Crippen MR) is 150 cm³/mol. The molecule has 37 heavy (non-hydrogen) atoms. The van der Waals surface area contributed by atoms with Crippen LogP contribution >= 0.6 is 0 Å². The van der Waals surface area contributed by atoms with Crippen molar-refractivity contribution in [1.29, 1.82) is 0 Å². The first kappa shape index (κ1) is 25.0. The van der Waals surface area contributed by atoms with Gasteiger partial charge in [-0.15, -0.1) is 0 Å². The van der Waals surface area contributed by atoms with E-state index in [0.717, 1.165) is 80.8 Å². The molecular formula is C31H36N4O2. The number of aromatic amines is 2. The molecule has 1 atom stereocenters. The first-order valence-electron chi connectivity index (χ1n) is 13.2. The van der Waals surface area contributed by atoms with Gasteiger partial charge in [-0.3, -0.25) is 9.78 Å². The number of nitrogens with one attached hydrogen (secondary N) is 2. The molecule has 192 valence electrons. The summed E-state index contributed by atoms with van der Waals surface area (Å²) in [6.07, 6.45) is 2.65. The SMILES string of the molecule is CCc1c(C)c2cc3[nH]c(cc4nc(c(COC=O)c5nc(cc1[nH]2)C(C)=C5C)CC4C)c(C)c3CC. The lowest BCUT2D eigenvalue weighted by atomic mass is 9.99. The second kappa shape index (κ2) is 9.66. The van der Waals surface area contributed by atoms with Crippen molar-refractivity contribution in [3.8, 4) is 0 Å². The number of ether oxygens (including phenoxy) is 1.